The second-order valence-electron chi connectivity index (χ2n) is 5.29. The van der Waals surface area contributed by atoms with E-state index in [1.807, 2.05) is 0 Å². The number of benzene rings is 1. The highest BCUT2D eigenvalue weighted by molar-refractivity contribution is 9.10. The fourth-order valence-electron chi connectivity index (χ4n) is 2.49. The summed E-state index contributed by atoms with van der Waals surface area (Å²) in [5.74, 6) is -1.28. The third-order valence-corrected chi connectivity index (χ3v) is 5.04. The number of carboxylic acid groups (broad SMARTS) is 1. The molecule has 0 bridgehead atoms. The summed E-state index contributed by atoms with van der Waals surface area (Å²) in [6.45, 7) is 0. The second-order valence-corrected chi connectivity index (χ2v) is 6.52. The van der Waals surface area contributed by atoms with Gasteiger partial charge in [-0.25, -0.2) is 4.79 Å². The molecule has 1 saturated heterocycles. The van der Waals surface area contributed by atoms with Gasteiger partial charge in [0.1, 0.15) is 24.1 Å². The van der Waals surface area contributed by atoms with Crippen LogP contribution in [0, 0.1) is 0 Å². The van der Waals surface area contributed by atoms with Crippen molar-refractivity contribution in [2.75, 3.05) is 0 Å². The second kappa shape index (κ2) is 6.51. The van der Waals surface area contributed by atoms with Crippen molar-refractivity contribution in [3.63, 3.8) is 0 Å². The zero-order chi connectivity index (χ0) is 17.6. The average Bonchev–Trinajstić information content (AvgIpc) is 2.94. The third kappa shape index (κ3) is 2.87. The Labute approximate surface area is 148 Å². The van der Waals surface area contributed by atoms with Crippen molar-refractivity contribution in [3.8, 4) is 5.75 Å². The number of carbonyl (C=O) groups is 1. The fraction of sp³-hybridized carbons (Fsp3) is 0.357. The predicted octanol–water partition coefficient (Wildman–Crippen LogP) is 0.855. The number of hydrogen-bond acceptors (Lipinski definition) is 6. The average molecular weight is 423 g/mol. The monoisotopic (exact) mass is 421 g/mol. The smallest absolute Gasteiger partial charge is 0.335 e. The summed E-state index contributed by atoms with van der Waals surface area (Å²) in [6, 6.07) is 3.48. The molecule has 2 unspecified atom stereocenters. The zero-order valence-corrected chi connectivity index (χ0v) is 14.2. The van der Waals surface area contributed by atoms with Crippen molar-refractivity contribution in [1.29, 1.82) is 0 Å². The molecule has 0 amide bonds. The van der Waals surface area contributed by atoms with Crippen molar-refractivity contribution < 1.29 is 34.7 Å². The summed E-state index contributed by atoms with van der Waals surface area (Å²) < 4.78 is 11.2. The first-order valence-electron chi connectivity index (χ1n) is 6.85. The molecule has 10 heteroatoms. The zero-order valence-electron chi connectivity index (χ0n) is 11.9. The minimum Gasteiger partial charge on any atom is -0.479 e. The van der Waals surface area contributed by atoms with E-state index in [0.29, 0.717) is 20.4 Å². The molecule has 0 saturated carbocycles. The van der Waals surface area contributed by atoms with Gasteiger partial charge in [0.15, 0.2) is 6.10 Å². The number of aliphatic carboxylic acids is 1. The molecule has 8 nitrogen and oxygen atoms in total. The van der Waals surface area contributed by atoms with E-state index < -0.39 is 36.7 Å². The quantitative estimate of drug-likeness (QED) is 0.495. The summed E-state index contributed by atoms with van der Waals surface area (Å²) >= 11 is 9.51. The number of aliphatic hydroxyl groups is 3. The van der Waals surface area contributed by atoms with Gasteiger partial charge < -0.3 is 34.9 Å². The van der Waals surface area contributed by atoms with Gasteiger partial charge in [-0.15, -0.1) is 0 Å². The Morgan fingerprint density at radius 1 is 1.25 bits per heavy atom. The molecule has 5 N–H and O–H groups in total. The molecule has 0 spiro atoms. The van der Waals surface area contributed by atoms with Crippen molar-refractivity contribution in [3.05, 3.63) is 27.8 Å². The summed E-state index contributed by atoms with van der Waals surface area (Å²) in [7, 11) is 0. The first kappa shape index (κ1) is 17.5. The van der Waals surface area contributed by atoms with Gasteiger partial charge in [0.2, 0.25) is 6.29 Å². The molecule has 1 aliphatic rings. The maximum Gasteiger partial charge on any atom is 0.335 e. The summed E-state index contributed by atoms with van der Waals surface area (Å²) in [5, 5.41) is 39.4. The first-order chi connectivity index (χ1) is 11.3. The molecule has 5 atom stereocenters. The number of hydrogen-bond donors (Lipinski definition) is 5. The molecule has 1 fully saturated rings. The van der Waals surface area contributed by atoms with Crippen LogP contribution >= 0.6 is 27.5 Å². The van der Waals surface area contributed by atoms with Gasteiger partial charge in [0.25, 0.3) is 0 Å². The Morgan fingerprint density at radius 3 is 2.62 bits per heavy atom. The normalized spacial score (nSPS) is 30.5. The van der Waals surface area contributed by atoms with E-state index in [0.717, 1.165) is 0 Å². The van der Waals surface area contributed by atoms with Crippen LogP contribution in [0.5, 0.6) is 5.75 Å². The molecule has 130 valence electrons. The lowest BCUT2D eigenvalue weighted by Crippen LogP contribution is -2.61. The Morgan fingerprint density at radius 2 is 1.96 bits per heavy atom. The van der Waals surface area contributed by atoms with Crippen molar-refractivity contribution >= 4 is 44.4 Å². The van der Waals surface area contributed by atoms with E-state index in [1.165, 1.54) is 6.20 Å². The fourth-order valence-corrected chi connectivity index (χ4v) is 3.08. The number of aliphatic hydroxyl groups excluding tert-OH is 3. The van der Waals surface area contributed by atoms with E-state index >= 15 is 0 Å². The van der Waals surface area contributed by atoms with Crippen LogP contribution in [0.15, 0.2) is 22.8 Å². The molecule has 1 aromatic carbocycles. The minimum atomic E-state index is -1.78. The van der Waals surface area contributed by atoms with Gasteiger partial charge in [0, 0.05) is 10.7 Å². The van der Waals surface area contributed by atoms with Crippen LogP contribution in [0.25, 0.3) is 10.9 Å². The third-order valence-electron chi connectivity index (χ3n) is 3.76. The summed E-state index contributed by atoms with van der Waals surface area (Å²) in [4.78, 5) is 14.0. The van der Waals surface area contributed by atoms with E-state index in [4.69, 9.17) is 26.2 Å². The highest BCUT2D eigenvalue weighted by atomic mass is 79.9. The molecule has 24 heavy (non-hydrogen) atoms. The molecule has 2 aromatic rings. The number of nitrogens with one attached hydrogen (secondary N) is 1. The van der Waals surface area contributed by atoms with Crippen molar-refractivity contribution in [2.45, 2.75) is 30.7 Å². The number of aromatic nitrogens is 1. The molecule has 1 aromatic heterocycles. The van der Waals surface area contributed by atoms with Crippen LogP contribution in [0.1, 0.15) is 0 Å². The minimum absolute atomic E-state index is 0.202. The molecule has 1 aliphatic heterocycles. The summed E-state index contributed by atoms with van der Waals surface area (Å²) in [6.07, 6.45) is -6.94. The lowest BCUT2D eigenvalue weighted by Gasteiger charge is -2.38. The highest BCUT2D eigenvalue weighted by Gasteiger charge is 2.48. The predicted molar refractivity (Wildman–Crippen MR) is 86.0 cm³/mol. The number of fused-ring (bicyclic) bond motifs is 1. The summed E-state index contributed by atoms with van der Waals surface area (Å²) in [5.41, 5.74) is 0.652. The molecule has 2 heterocycles. The highest BCUT2D eigenvalue weighted by Crippen LogP contribution is 2.38. The number of H-pyrrole nitrogens is 1. The molecule has 0 aliphatic carbocycles. The molecular weight excluding hydrogens is 410 g/mol. The topological polar surface area (TPSA) is 132 Å². The van der Waals surface area contributed by atoms with Crippen LogP contribution in [0.4, 0.5) is 0 Å². The molecule has 3 rings (SSSR count). The maximum absolute atomic E-state index is 11.1. The standard InChI is InChI=1S/C14H13BrClNO7/c15-4-1-2-5-7(8(4)16)6(3-17-5)23-14-11(20)9(18)10(19)12(24-14)13(21)22/h1-3,9-12,14,17-20H,(H,21,22)/t9-,10+,11?,12?,14+/m0/s1. The largest absolute Gasteiger partial charge is 0.479 e. The number of rotatable bonds is 3. The van der Waals surface area contributed by atoms with Gasteiger partial charge in [0.05, 0.1) is 15.9 Å². The van der Waals surface area contributed by atoms with Crippen LogP contribution in [0.2, 0.25) is 5.02 Å². The van der Waals surface area contributed by atoms with E-state index in [-0.39, 0.29) is 5.75 Å². The number of carboxylic acids is 1. The van der Waals surface area contributed by atoms with Crippen molar-refractivity contribution in [2.24, 2.45) is 0 Å². The van der Waals surface area contributed by atoms with E-state index in [2.05, 4.69) is 20.9 Å². The van der Waals surface area contributed by atoms with Gasteiger partial charge in [-0.2, -0.15) is 0 Å². The SMILES string of the molecule is O=C(O)C1O[C@@H](Oc2c[nH]c3ccc(Br)c(Cl)c23)C(O)[C@@H](O)[C@H]1O. The van der Waals surface area contributed by atoms with Crippen LogP contribution in [-0.4, -0.2) is 62.1 Å². The lowest BCUT2D eigenvalue weighted by atomic mass is 9.99. The Balaban J connectivity index is 1.93. The Hall–Kier alpha value is -1.36. The van der Waals surface area contributed by atoms with Gasteiger partial charge >= 0.3 is 5.97 Å². The van der Waals surface area contributed by atoms with Gasteiger partial charge in [-0.3, -0.25) is 0 Å². The van der Waals surface area contributed by atoms with Crippen molar-refractivity contribution in [1.82, 2.24) is 4.98 Å². The van der Waals surface area contributed by atoms with Crippen LogP contribution < -0.4 is 4.74 Å². The van der Waals surface area contributed by atoms with Gasteiger partial charge in [-0.1, -0.05) is 11.6 Å². The lowest BCUT2D eigenvalue weighted by molar-refractivity contribution is -0.270. The Bertz CT molecular complexity index is 782. The maximum atomic E-state index is 11.1. The van der Waals surface area contributed by atoms with E-state index in [9.17, 15) is 20.1 Å². The molecular formula is C14H13BrClNO7. The number of aromatic amines is 1. The number of ether oxygens (including phenoxy) is 2. The van der Waals surface area contributed by atoms with Crippen LogP contribution in [-0.2, 0) is 9.53 Å². The molecule has 0 radical (unpaired) electrons. The Kier molecular flexibility index (Phi) is 4.73. The van der Waals surface area contributed by atoms with E-state index in [1.54, 1.807) is 12.1 Å². The number of halogens is 2. The van der Waals surface area contributed by atoms with Gasteiger partial charge in [-0.05, 0) is 28.1 Å². The first-order valence-corrected chi connectivity index (χ1v) is 8.02. The van der Waals surface area contributed by atoms with Crippen LogP contribution in [0.3, 0.4) is 0 Å².